The summed E-state index contributed by atoms with van der Waals surface area (Å²) in [6.45, 7) is 3.78. The van der Waals surface area contributed by atoms with Gasteiger partial charge < -0.3 is 15.1 Å². The summed E-state index contributed by atoms with van der Waals surface area (Å²) in [5, 5.41) is 7.08. The molecule has 1 N–H and O–H groups in total. The summed E-state index contributed by atoms with van der Waals surface area (Å²) in [7, 11) is 1.71. The Labute approximate surface area is 199 Å². The molecular formula is C26H29N5O3. The van der Waals surface area contributed by atoms with Gasteiger partial charge in [-0.2, -0.15) is 5.10 Å². The maximum atomic E-state index is 13.1. The molecule has 2 heterocycles. The maximum Gasteiger partial charge on any atom is 0.272 e. The van der Waals surface area contributed by atoms with Crippen molar-refractivity contribution in [3.8, 4) is 0 Å². The van der Waals surface area contributed by atoms with Crippen molar-refractivity contribution in [1.82, 2.24) is 24.9 Å². The predicted molar refractivity (Wildman–Crippen MR) is 128 cm³/mol. The van der Waals surface area contributed by atoms with Gasteiger partial charge in [0.2, 0.25) is 5.91 Å². The zero-order chi connectivity index (χ0) is 24.1. The average Bonchev–Trinajstić information content (AvgIpc) is 3.22. The molecule has 176 valence electrons. The lowest BCUT2D eigenvalue weighted by Crippen LogP contribution is -2.45. The van der Waals surface area contributed by atoms with Gasteiger partial charge in [-0.3, -0.25) is 19.1 Å². The Kier molecular flexibility index (Phi) is 7.06. The molecule has 8 nitrogen and oxygen atoms in total. The summed E-state index contributed by atoms with van der Waals surface area (Å²) in [6.07, 6.45) is 0.744. The highest BCUT2D eigenvalue weighted by atomic mass is 16.2. The average molecular weight is 460 g/mol. The van der Waals surface area contributed by atoms with E-state index in [1.54, 1.807) is 28.5 Å². The number of likely N-dealkylation sites (N-methyl/N-ethyl adjacent to an activating group) is 1. The summed E-state index contributed by atoms with van der Waals surface area (Å²) >= 11 is 0. The first kappa shape index (κ1) is 23.2. The van der Waals surface area contributed by atoms with Crippen molar-refractivity contribution in [2.45, 2.75) is 39.0 Å². The molecule has 1 atom stereocenters. The second-order valence-electron chi connectivity index (χ2n) is 8.58. The monoisotopic (exact) mass is 459 g/mol. The van der Waals surface area contributed by atoms with Crippen molar-refractivity contribution in [3.63, 3.8) is 0 Å². The molecule has 8 heteroatoms. The van der Waals surface area contributed by atoms with Crippen LogP contribution in [0, 0.1) is 0 Å². The Morgan fingerprint density at radius 1 is 1.03 bits per heavy atom. The van der Waals surface area contributed by atoms with Gasteiger partial charge in [0, 0.05) is 39.3 Å². The van der Waals surface area contributed by atoms with Gasteiger partial charge in [-0.1, -0.05) is 60.7 Å². The molecule has 0 bridgehead atoms. The Bertz CT molecular complexity index is 1160. The summed E-state index contributed by atoms with van der Waals surface area (Å²) in [5.74, 6) is -0.834. The number of hydrogen-bond acceptors (Lipinski definition) is 4. The third-order valence-corrected chi connectivity index (χ3v) is 5.89. The number of amides is 3. The van der Waals surface area contributed by atoms with E-state index in [0.717, 1.165) is 17.5 Å². The molecule has 3 amide bonds. The standard InChI is InChI=1S/C26H29N5O3/c1-19(25(33)29(2)17-20-10-5-3-6-11-20)27-24(32)22-16-23-26(34)30(14-9-15-31(23)28-22)18-21-12-7-4-8-13-21/h3-8,10-13,16,19H,9,14-15,17-18H2,1-2H3,(H,27,32). The van der Waals surface area contributed by atoms with Gasteiger partial charge in [0.1, 0.15) is 11.7 Å². The van der Waals surface area contributed by atoms with Crippen molar-refractivity contribution in [1.29, 1.82) is 0 Å². The third kappa shape index (κ3) is 5.33. The Hall–Kier alpha value is -3.94. The van der Waals surface area contributed by atoms with Crippen LogP contribution in [0.25, 0.3) is 0 Å². The summed E-state index contributed by atoms with van der Waals surface area (Å²) in [4.78, 5) is 42.1. The molecule has 0 radical (unpaired) electrons. The topological polar surface area (TPSA) is 87.5 Å². The van der Waals surface area contributed by atoms with E-state index in [4.69, 9.17) is 0 Å². The van der Waals surface area contributed by atoms with Crippen LogP contribution in [0.2, 0.25) is 0 Å². The summed E-state index contributed by atoms with van der Waals surface area (Å²) in [5.41, 5.74) is 2.58. The predicted octanol–water partition coefficient (Wildman–Crippen LogP) is 2.71. The fourth-order valence-electron chi connectivity index (χ4n) is 4.10. The van der Waals surface area contributed by atoms with Crippen LogP contribution in [0.15, 0.2) is 66.7 Å². The molecule has 0 spiro atoms. The van der Waals surface area contributed by atoms with Crippen LogP contribution in [0.3, 0.4) is 0 Å². The molecule has 3 aromatic rings. The largest absolute Gasteiger partial charge is 0.340 e. The minimum Gasteiger partial charge on any atom is -0.340 e. The zero-order valence-electron chi connectivity index (χ0n) is 19.5. The normalized spacial score (nSPS) is 14.2. The first-order chi connectivity index (χ1) is 16.4. The fraction of sp³-hybridized carbons (Fsp3) is 0.308. The number of nitrogens with zero attached hydrogens (tertiary/aromatic N) is 4. The fourth-order valence-corrected chi connectivity index (χ4v) is 4.10. The zero-order valence-corrected chi connectivity index (χ0v) is 19.5. The SMILES string of the molecule is CC(NC(=O)c1cc2n(n1)CCCN(Cc1ccccc1)C2=O)C(=O)N(C)Cc1ccccc1. The van der Waals surface area contributed by atoms with E-state index in [9.17, 15) is 14.4 Å². The Morgan fingerprint density at radius 3 is 2.35 bits per heavy atom. The molecule has 0 fully saturated rings. The van der Waals surface area contributed by atoms with Gasteiger partial charge in [0.15, 0.2) is 5.69 Å². The molecule has 1 aliphatic rings. The Balaban J connectivity index is 1.41. The number of aryl methyl sites for hydroxylation is 1. The lowest BCUT2D eigenvalue weighted by atomic mass is 10.2. The van der Waals surface area contributed by atoms with Gasteiger partial charge in [-0.05, 0) is 24.5 Å². The number of carbonyl (C=O) groups is 3. The number of rotatable bonds is 7. The summed E-state index contributed by atoms with van der Waals surface area (Å²) in [6, 6.07) is 20.3. The number of nitrogens with one attached hydrogen (secondary N) is 1. The quantitative estimate of drug-likeness (QED) is 0.589. The number of carbonyl (C=O) groups excluding carboxylic acids is 3. The van der Waals surface area contributed by atoms with Crippen LogP contribution < -0.4 is 5.32 Å². The van der Waals surface area contributed by atoms with Gasteiger partial charge >= 0.3 is 0 Å². The van der Waals surface area contributed by atoms with Crippen molar-refractivity contribution in [2.75, 3.05) is 13.6 Å². The van der Waals surface area contributed by atoms with E-state index in [2.05, 4.69) is 10.4 Å². The molecule has 0 saturated heterocycles. The van der Waals surface area contributed by atoms with E-state index in [1.165, 1.54) is 6.07 Å². The highest BCUT2D eigenvalue weighted by molar-refractivity contribution is 5.99. The molecule has 2 aromatic carbocycles. The molecule has 4 rings (SSSR count). The van der Waals surface area contributed by atoms with Gasteiger partial charge in [0.05, 0.1) is 0 Å². The molecular weight excluding hydrogens is 430 g/mol. The van der Waals surface area contributed by atoms with E-state index < -0.39 is 11.9 Å². The van der Waals surface area contributed by atoms with Crippen LogP contribution in [0.1, 0.15) is 45.4 Å². The number of hydrogen-bond donors (Lipinski definition) is 1. The first-order valence-corrected chi connectivity index (χ1v) is 11.4. The molecule has 1 aliphatic heterocycles. The molecule has 1 aromatic heterocycles. The lowest BCUT2D eigenvalue weighted by Gasteiger charge is -2.22. The van der Waals surface area contributed by atoms with E-state index in [1.807, 2.05) is 60.7 Å². The van der Waals surface area contributed by atoms with Gasteiger partial charge in [-0.25, -0.2) is 0 Å². The minimum absolute atomic E-state index is 0.135. The molecule has 1 unspecified atom stereocenters. The van der Waals surface area contributed by atoms with Crippen LogP contribution >= 0.6 is 0 Å². The molecule has 34 heavy (non-hydrogen) atoms. The van der Waals surface area contributed by atoms with Crippen LogP contribution in [0.5, 0.6) is 0 Å². The smallest absolute Gasteiger partial charge is 0.272 e. The maximum absolute atomic E-state index is 13.1. The number of aromatic nitrogens is 2. The van der Waals surface area contributed by atoms with Crippen molar-refractivity contribution >= 4 is 17.7 Å². The highest BCUT2D eigenvalue weighted by Gasteiger charge is 2.28. The highest BCUT2D eigenvalue weighted by Crippen LogP contribution is 2.17. The van der Waals surface area contributed by atoms with E-state index in [-0.39, 0.29) is 17.5 Å². The Morgan fingerprint density at radius 2 is 1.68 bits per heavy atom. The molecule has 0 saturated carbocycles. The van der Waals surface area contributed by atoms with E-state index in [0.29, 0.717) is 31.9 Å². The van der Waals surface area contributed by atoms with Crippen LogP contribution in [-0.4, -0.2) is 56.9 Å². The number of benzene rings is 2. The van der Waals surface area contributed by atoms with Crippen molar-refractivity contribution in [3.05, 3.63) is 89.2 Å². The summed E-state index contributed by atoms with van der Waals surface area (Å²) < 4.78 is 1.59. The lowest BCUT2D eigenvalue weighted by molar-refractivity contribution is -0.132. The molecule has 0 aliphatic carbocycles. The van der Waals surface area contributed by atoms with Gasteiger partial charge in [-0.15, -0.1) is 0 Å². The third-order valence-electron chi connectivity index (χ3n) is 5.89. The van der Waals surface area contributed by atoms with Crippen molar-refractivity contribution < 1.29 is 14.4 Å². The minimum atomic E-state index is -0.729. The van der Waals surface area contributed by atoms with Crippen LogP contribution in [0.4, 0.5) is 0 Å². The second kappa shape index (κ2) is 10.3. The van der Waals surface area contributed by atoms with Crippen molar-refractivity contribution in [2.24, 2.45) is 0 Å². The van der Waals surface area contributed by atoms with E-state index >= 15 is 0 Å². The number of fused-ring (bicyclic) bond motifs is 1. The first-order valence-electron chi connectivity index (χ1n) is 11.4. The van der Waals surface area contributed by atoms with Crippen LogP contribution in [-0.2, 0) is 24.4 Å². The second-order valence-corrected chi connectivity index (χ2v) is 8.58. The van der Waals surface area contributed by atoms with Gasteiger partial charge in [0.25, 0.3) is 11.8 Å².